The van der Waals surface area contributed by atoms with Gasteiger partial charge in [0.2, 0.25) is 17.7 Å². The molecule has 134 valence electrons. The highest BCUT2D eigenvalue weighted by Gasteiger charge is 2.30. The lowest BCUT2D eigenvalue weighted by Crippen LogP contribution is -2.28. The van der Waals surface area contributed by atoms with Crippen LogP contribution in [0.25, 0.3) is 11.6 Å². The number of carbonyl (C=O) groups is 1. The molecule has 0 aliphatic carbocycles. The molecule has 1 saturated heterocycles. The van der Waals surface area contributed by atoms with Crippen LogP contribution in [0, 0.1) is 5.92 Å². The van der Waals surface area contributed by atoms with Crippen molar-refractivity contribution in [3.8, 4) is 11.6 Å². The van der Waals surface area contributed by atoms with Gasteiger partial charge in [-0.25, -0.2) is 9.97 Å². The Bertz CT molecular complexity index is 807. The van der Waals surface area contributed by atoms with Crippen LogP contribution >= 0.6 is 0 Å². The van der Waals surface area contributed by atoms with Gasteiger partial charge in [0.15, 0.2) is 5.82 Å². The number of nitrogens with zero attached hydrogens (tertiary/aromatic N) is 6. The Morgan fingerprint density at radius 2 is 2.00 bits per heavy atom. The highest BCUT2D eigenvalue weighted by Crippen LogP contribution is 2.27. The maximum Gasteiger partial charge on any atom is 0.227 e. The van der Waals surface area contributed by atoms with Crippen LogP contribution in [0.2, 0.25) is 0 Å². The third-order valence-corrected chi connectivity index (χ3v) is 4.44. The van der Waals surface area contributed by atoms with Crippen molar-refractivity contribution in [2.45, 2.75) is 32.6 Å². The highest BCUT2D eigenvalue weighted by atomic mass is 16.1. The van der Waals surface area contributed by atoms with E-state index in [9.17, 15) is 4.79 Å². The molecule has 0 radical (unpaired) electrons. The Balaban J connectivity index is 1.95. The number of aromatic nitrogens is 5. The van der Waals surface area contributed by atoms with Crippen molar-refractivity contribution in [1.29, 1.82) is 0 Å². The van der Waals surface area contributed by atoms with Gasteiger partial charge in [0, 0.05) is 31.6 Å². The number of nitrogens with two attached hydrogens (primary N) is 2. The lowest BCUT2D eigenvalue weighted by molar-refractivity contribution is -0.121. The summed E-state index contributed by atoms with van der Waals surface area (Å²) in [6.07, 6.45) is 0.723. The van der Waals surface area contributed by atoms with Gasteiger partial charge in [0.25, 0.3) is 0 Å². The highest BCUT2D eigenvalue weighted by molar-refractivity contribution is 5.78. The molecule has 2 aromatic heterocycles. The van der Waals surface area contributed by atoms with Gasteiger partial charge in [-0.15, -0.1) is 10.2 Å². The fraction of sp³-hybridized carbons (Fsp3) is 0.562. The SMILES string of the molecule is Cn1c(-c2nc(N)cc(C(C)(C)C)n2)nnc1N1CCC(C(N)=O)C1. The minimum Gasteiger partial charge on any atom is -0.384 e. The van der Waals surface area contributed by atoms with Gasteiger partial charge in [0.05, 0.1) is 11.6 Å². The van der Waals surface area contributed by atoms with E-state index in [1.807, 2.05) is 16.5 Å². The van der Waals surface area contributed by atoms with E-state index in [1.165, 1.54) is 0 Å². The Morgan fingerprint density at radius 3 is 2.60 bits per heavy atom. The van der Waals surface area contributed by atoms with Crippen LogP contribution in [-0.2, 0) is 17.3 Å². The minimum absolute atomic E-state index is 0.156. The van der Waals surface area contributed by atoms with Gasteiger partial charge in [-0.1, -0.05) is 20.8 Å². The predicted molar refractivity (Wildman–Crippen MR) is 94.7 cm³/mol. The van der Waals surface area contributed by atoms with Crippen LogP contribution in [0.3, 0.4) is 0 Å². The molecule has 1 unspecified atom stereocenters. The van der Waals surface area contributed by atoms with Gasteiger partial charge in [-0.3, -0.25) is 9.36 Å². The Hall–Kier alpha value is -2.71. The molecule has 0 spiro atoms. The van der Waals surface area contributed by atoms with E-state index in [0.29, 0.717) is 36.5 Å². The number of hydrogen-bond donors (Lipinski definition) is 2. The number of amides is 1. The summed E-state index contributed by atoms with van der Waals surface area (Å²) in [5.41, 5.74) is 12.0. The number of rotatable bonds is 3. The first kappa shape index (κ1) is 17.1. The van der Waals surface area contributed by atoms with E-state index in [0.717, 1.165) is 12.1 Å². The first-order chi connectivity index (χ1) is 11.7. The molecule has 25 heavy (non-hydrogen) atoms. The van der Waals surface area contributed by atoms with E-state index in [2.05, 4.69) is 40.9 Å². The van der Waals surface area contributed by atoms with Crippen molar-refractivity contribution in [2.24, 2.45) is 18.7 Å². The quantitative estimate of drug-likeness (QED) is 0.827. The molecular formula is C16H24N8O. The van der Waals surface area contributed by atoms with Crippen LogP contribution < -0.4 is 16.4 Å². The molecule has 1 fully saturated rings. The maximum absolute atomic E-state index is 11.4. The van der Waals surface area contributed by atoms with E-state index < -0.39 is 0 Å². The van der Waals surface area contributed by atoms with Crippen LogP contribution in [0.5, 0.6) is 0 Å². The van der Waals surface area contributed by atoms with Crippen molar-refractivity contribution in [3.63, 3.8) is 0 Å². The summed E-state index contributed by atoms with van der Waals surface area (Å²) in [6.45, 7) is 7.45. The molecule has 9 nitrogen and oxygen atoms in total. The molecule has 0 saturated carbocycles. The predicted octanol–water partition coefficient (Wildman–Crippen LogP) is 0.463. The molecular weight excluding hydrogens is 320 g/mol. The second-order valence-corrected chi connectivity index (χ2v) is 7.47. The molecule has 1 aliphatic heterocycles. The van der Waals surface area contributed by atoms with Gasteiger partial charge >= 0.3 is 0 Å². The Morgan fingerprint density at radius 1 is 1.28 bits per heavy atom. The Labute approximate surface area is 146 Å². The number of anilines is 2. The number of nitrogen functional groups attached to an aromatic ring is 1. The summed E-state index contributed by atoms with van der Waals surface area (Å²) in [4.78, 5) is 22.3. The summed E-state index contributed by atoms with van der Waals surface area (Å²) in [7, 11) is 1.85. The van der Waals surface area contributed by atoms with Crippen LogP contribution in [-0.4, -0.2) is 43.7 Å². The van der Waals surface area contributed by atoms with Crippen molar-refractivity contribution in [3.05, 3.63) is 11.8 Å². The monoisotopic (exact) mass is 344 g/mol. The molecule has 1 aliphatic rings. The molecule has 4 N–H and O–H groups in total. The second kappa shape index (κ2) is 5.98. The smallest absolute Gasteiger partial charge is 0.227 e. The zero-order valence-corrected chi connectivity index (χ0v) is 15.0. The molecule has 0 bridgehead atoms. The van der Waals surface area contributed by atoms with Crippen LogP contribution in [0.1, 0.15) is 32.9 Å². The zero-order chi connectivity index (χ0) is 18.4. The fourth-order valence-corrected chi connectivity index (χ4v) is 2.92. The molecule has 3 rings (SSSR count). The van der Waals surface area contributed by atoms with E-state index >= 15 is 0 Å². The fourth-order valence-electron chi connectivity index (χ4n) is 2.92. The summed E-state index contributed by atoms with van der Waals surface area (Å²) in [5.74, 6) is 1.61. The van der Waals surface area contributed by atoms with Crippen molar-refractivity contribution in [2.75, 3.05) is 23.7 Å². The van der Waals surface area contributed by atoms with Crippen molar-refractivity contribution < 1.29 is 4.79 Å². The van der Waals surface area contributed by atoms with E-state index in [-0.39, 0.29) is 17.2 Å². The van der Waals surface area contributed by atoms with Crippen molar-refractivity contribution in [1.82, 2.24) is 24.7 Å². The average Bonchev–Trinajstić information content (AvgIpc) is 3.12. The Kier molecular flexibility index (Phi) is 4.09. The first-order valence-corrected chi connectivity index (χ1v) is 8.26. The number of primary amides is 1. The molecule has 2 aromatic rings. The second-order valence-electron chi connectivity index (χ2n) is 7.47. The number of carbonyl (C=O) groups excluding carboxylic acids is 1. The van der Waals surface area contributed by atoms with Gasteiger partial charge in [-0.05, 0) is 6.42 Å². The lowest BCUT2D eigenvalue weighted by atomic mass is 9.92. The molecule has 3 heterocycles. The largest absolute Gasteiger partial charge is 0.384 e. The standard InChI is InChI=1S/C16H24N8O/c1-16(2,3)10-7-11(17)20-13(19-10)14-21-22-15(23(14)4)24-6-5-9(8-24)12(18)25/h7,9H,5-6,8H2,1-4H3,(H2,18,25)(H2,17,19,20). The molecule has 0 aromatic carbocycles. The summed E-state index contributed by atoms with van der Waals surface area (Å²) in [5, 5.41) is 8.49. The summed E-state index contributed by atoms with van der Waals surface area (Å²) in [6, 6.07) is 1.78. The average molecular weight is 344 g/mol. The number of hydrogen-bond acceptors (Lipinski definition) is 7. The van der Waals surface area contributed by atoms with Crippen LogP contribution in [0.15, 0.2) is 6.07 Å². The zero-order valence-electron chi connectivity index (χ0n) is 15.0. The maximum atomic E-state index is 11.4. The minimum atomic E-state index is -0.279. The van der Waals surface area contributed by atoms with E-state index in [4.69, 9.17) is 11.5 Å². The molecule has 9 heteroatoms. The topological polar surface area (TPSA) is 129 Å². The molecule has 1 atom stereocenters. The van der Waals surface area contributed by atoms with Crippen molar-refractivity contribution >= 4 is 17.7 Å². The summed E-state index contributed by atoms with van der Waals surface area (Å²) >= 11 is 0. The van der Waals surface area contributed by atoms with Gasteiger partial charge < -0.3 is 16.4 Å². The summed E-state index contributed by atoms with van der Waals surface area (Å²) < 4.78 is 1.82. The first-order valence-electron chi connectivity index (χ1n) is 8.26. The van der Waals surface area contributed by atoms with Crippen LogP contribution in [0.4, 0.5) is 11.8 Å². The normalized spacial score (nSPS) is 17.9. The van der Waals surface area contributed by atoms with Gasteiger partial charge in [0.1, 0.15) is 5.82 Å². The third-order valence-electron chi connectivity index (χ3n) is 4.44. The third kappa shape index (κ3) is 3.26. The van der Waals surface area contributed by atoms with E-state index in [1.54, 1.807) is 6.07 Å². The molecule has 1 amide bonds. The van der Waals surface area contributed by atoms with Gasteiger partial charge in [-0.2, -0.15) is 0 Å². The lowest BCUT2D eigenvalue weighted by Gasteiger charge is -2.19.